The van der Waals surface area contributed by atoms with Crippen LogP contribution in [-0.4, -0.2) is 38.4 Å². The highest BCUT2D eigenvalue weighted by molar-refractivity contribution is 7.99. The van der Waals surface area contributed by atoms with E-state index in [1.165, 1.54) is 6.08 Å². The number of ether oxygens (including phenoxy) is 1. The van der Waals surface area contributed by atoms with E-state index in [1.54, 1.807) is 38.3 Å². The lowest BCUT2D eigenvalue weighted by Gasteiger charge is -2.06. The molecule has 0 amide bonds. The molecule has 0 radical (unpaired) electrons. The highest BCUT2D eigenvalue weighted by Crippen LogP contribution is 2.20. The summed E-state index contributed by atoms with van der Waals surface area (Å²) >= 11 is 1.11. The molecule has 0 fully saturated rings. The van der Waals surface area contributed by atoms with Crippen molar-refractivity contribution in [2.45, 2.75) is 25.1 Å². The molecule has 0 saturated carbocycles. The molecule has 2 heterocycles. The van der Waals surface area contributed by atoms with Crippen LogP contribution in [0.15, 0.2) is 56.1 Å². The number of hydrogen-bond donors (Lipinski definition) is 1. The zero-order chi connectivity index (χ0) is 21.7. The van der Waals surface area contributed by atoms with Crippen molar-refractivity contribution in [3.63, 3.8) is 0 Å². The first kappa shape index (κ1) is 21.3. The van der Waals surface area contributed by atoms with Crippen molar-refractivity contribution < 1.29 is 13.9 Å². The number of methoxy groups -OCH3 is 1. The van der Waals surface area contributed by atoms with Crippen molar-refractivity contribution in [2.75, 3.05) is 12.9 Å². The Bertz CT molecular complexity index is 1180. The van der Waals surface area contributed by atoms with Gasteiger partial charge in [0.15, 0.2) is 5.78 Å². The van der Waals surface area contributed by atoms with E-state index in [-0.39, 0.29) is 35.6 Å². The third-order valence-corrected chi connectivity index (χ3v) is 5.14. The molecule has 3 rings (SSSR count). The SMILES string of the molecule is C=CCn1c(=O)[nH]c(C)c(Cc2nnc(SCC(=O)c3ccc(OC)cc3)o2)c1=O. The molecule has 1 N–H and O–H groups in total. The first-order valence-corrected chi connectivity index (χ1v) is 9.97. The molecule has 0 aliphatic rings. The fourth-order valence-electron chi connectivity index (χ4n) is 2.73. The number of Topliss-reactive ketones (excluding diaryl/α,β-unsaturated/α-hetero) is 1. The lowest BCUT2D eigenvalue weighted by Crippen LogP contribution is -2.37. The molecule has 3 aromatic rings. The van der Waals surface area contributed by atoms with Crippen molar-refractivity contribution in [1.82, 2.24) is 19.7 Å². The molecule has 9 nitrogen and oxygen atoms in total. The van der Waals surface area contributed by atoms with Gasteiger partial charge in [0.05, 0.1) is 19.3 Å². The van der Waals surface area contributed by atoms with Crippen LogP contribution in [-0.2, 0) is 13.0 Å². The van der Waals surface area contributed by atoms with Crippen LogP contribution in [0.5, 0.6) is 5.75 Å². The number of allylic oxidation sites excluding steroid dienone is 1. The van der Waals surface area contributed by atoms with Crippen molar-refractivity contribution in [3.8, 4) is 5.75 Å². The number of aromatic amines is 1. The Balaban J connectivity index is 1.69. The summed E-state index contributed by atoms with van der Waals surface area (Å²) in [5.74, 6) is 0.918. The van der Waals surface area contributed by atoms with Gasteiger partial charge in [0.1, 0.15) is 5.75 Å². The number of hydrogen-bond acceptors (Lipinski definition) is 8. The van der Waals surface area contributed by atoms with Crippen LogP contribution in [0.3, 0.4) is 0 Å². The Morgan fingerprint density at radius 1 is 1.30 bits per heavy atom. The number of benzene rings is 1. The summed E-state index contributed by atoms with van der Waals surface area (Å²) in [6.45, 7) is 5.28. The van der Waals surface area contributed by atoms with Crippen LogP contribution in [0.1, 0.15) is 27.5 Å². The van der Waals surface area contributed by atoms with E-state index in [9.17, 15) is 14.4 Å². The van der Waals surface area contributed by atoms with Gasteiger partial charge in [-0.25, -0.2) is 4.79 Å². The molecule has 0 saturated heterocycles. The summed E-state index contributed by atoms with van der Waals surface area (Å²) in [6, 6.07) is 6.81. The normalized spacial score (nSPS) is 10.7. The zero-order valence-corrected chi connectivity index (χ0v) is 17.3. The molecular weight excluding hydrogens is 408 g/mol. The van der Waals surface area contributed by atoms with Crippen LogP contribution in [0.2, 0.25) is 0 Å². The largest absolute Gasteiger partial charge is 0.497 e. The lowest BCUT2D eigenvalue weighted by atomic mass is 10.1. The predicted octanol–water partition coefficient (Wildman–Crippen LogP) is 1.99. The Hall–Kier alpha value is -3.40. The van der Waals surface area contributed by atoms with Crippen molar-refractivity contribution in [3.05, 3.63) is 80.5 Å². The molecule has 0 atom stereocenters. The summed E-state index contributed by atoms with van der Waals surface area (Å²) in [7, 11) is 1.56. The van der Waals surface area contributed by atoms with E-state index in [4.69, 9.17) is 9.15 Å². The number of ketones is 1. The third kappa shape index (κ3) is 4.77. The van der Waals surface area contributed by atoms with Gasteiger partial charge in [0.25, 0.3) is 10.8 Å². The maximum absolute atomic E-state index is 12.6. The number of carbonyl (C=O) groups excluding carboxylic acids is 1. The summed E-state index contributed by atoms with van der Waals surface area (Å²) in [5.41, 5.74) is 0.409. The van der Waals surface area contributed by atoms with E-state index >= 15 is 0 Å². The molecule has 0 spiro atoms. The maximum atomic E-state index is 12.6. The number of nitrogens with one attached hydrogen (secondary N) is 1. The average Bonchev–Trinajstić information content (AvgIpc) is 3.20. The van der Waals surface area contributed by atoms with Crippen molar-refractivity contribution in [1.29, 1.82) is 0 Å². The Kier molecular flexibility index (Phi) is 6.68. The van der Waals surface area contributed by atoms with Crippen molar-refractivity contribution in [2.24, 2.45) is 0 Å². The number of H-pyrrole nitrogens is 1. The minimum atomic E-state index is -0.500. The number of aryl methyl sites for hydroxylation is 1. The topological polar surface area (TPSA) is 120 Å². The van der Waals surface area contributed by atoms with Gasteiger partial charge in [-0.2, -0.15) is 0 Å². The molecule has 2 aromatic heterocycles. The average molecular weight is 428 g/mol. The highest BCUT2D eigenvalue weighted by atomic mass is 32.2. The minimum Gasteiger partial charge on any atom is -0.497 e. The zero-order valence-electron chi connectivity index (χ0n) is 16.5. The van der Waals surface area contributed by atoms with Gasteiger partial charge in [0, 0.05) is 23.4 Å². The second-order valence-corrected chi connectivity index (χ2v) is 7.24. The first-order valence-electron chi connectivity index (χ1n) is 8.98. The summed E-state index contributed by atoms with van der Waals surface area (Å²) < 4.78 is 11.7. The first-order chi connectivity index (χ1) is 14.4. The summed E-state index contributed by atoms with van der Waals surface area (Å²) in [6.07, 6.45) is 1.54. The second-order valence-electron chi connectivity index (χ2n) is 6.32. The molecule has 1 aromatic carbocycles. The number of aromatic nitrogens is 4. The summed E-state index contributed by atoms with van der Waals surface area (Å²) in [5, 5.41) is 8.08. The van der Waals surface area contributed by atoms with Gasteiger partial charge in [-0.15, -0.1) is 16.8 Å². The summed E-state index contributed by atoms with van der Waals surface area (Å²) in [4.78, 5) is 39.4. The van der Waals surface area contributed by atoms with Gasteiger partial charge in [0.2, 0.25) is 5.89 Å². The van der Waals surface area contributed by atoms with Crippen molar-refractivity contribution >= 4 is 17.5 Å². The number of thioether (sulfide) groups is 1. The lowest BCUT2D eigenvalue weighted by molar-refractivity contribution is 0.102. The molecule has 30 heavy (non-hydrogen) atoms. The third-order valence-electron chi connectivity index (χ3n) is 4.32. The van der Waals surface area contributed by atoms with Gasteiger partial charge in [-0.3, -0.25) is 14.2 Å². The van der Waals surface area contributed by atoms with Crippen LogP contribution in [0.4, 0.5) is 0 Å². The van der Waals surface area contributed by atoms with Gasteiger partial charge in [-0.1, -0.05) is 17.8 Å². The number of nitrogens with zero attached hydrogens (tertiary/aromatic N) is 3. The molecule has 0 unspecified atom stereocenters. The van der Waals surface area contributed by atoms with Crippen LogP contribution in [0.25, 0.3) is 0 Å². The molecule has 10 heteroatoms. The Morgan fingerprint density at radius 2 is 2.03 bits per heavy atom. The fraction of sp³-hybridized carbons (Fsp3) is 0.250. The van der Waals surface area contributed by atoms with E-state index < -0.39 is 11.2 Å². The second kappa shape index (κ2) is 9.40. The van der Waals surface area contributed by atoms with Crippen LogP contribution >= 0.6 is 11.8 Å². The molecular formula is C20H20N4O5S. The van der Waals surface area contributed by atoms with Gasteiger partial charge < -0.3 is 14.1 Å². The Morgan fingerprint density at radius 3 is 2.70 bits per heavy atom. The van der Waals surface area contributed by atoms with Crippen LogP contribution < -0.4 is 16.0 Å². The molecule has 0 aliphatic carbocycles. The smallest absolute Gasteiger partial charge is 0.328 e. The quantitative estimate of drug-likeness (QED) is 0.312. The van der Waals surface area contributed by atoms with E-state index in [2.05, 4.69) is 21.8 Å². The minimum absolute atomic E-state index is 0.0680. The molecule has 0 bridgehead atoms. The number of carbonyl (C=O) groups is 1. The standard InChI is InChI=1S/C20H20N4O5S/c1-4-9-24-18(26)15(12(2)21-19(24)27)10-17-22-23-20(29-17)30-11-16(25)13-5-7-14(28-3)8-6-13/h4-8H,1,9-11H2,2-3H3,(H,21,27). The Labute approximate surface area is 175 Å². The van der Waals surface area contributed by atoms with Gasteiger partial charge >= 0.3 is 5.69 Å². The maximum Gasteiger partial charge on any atom is 0.328 e. The van der Waals surface area contributed by atoms with E-state index in [0.29, 0.717) is 22.6 Å². The fourth-order valence-corrected chi connectivity index (χ4v) is 3.40. The molecule has 0 aliphatic heterocycles. The van der Waals surface area contributed by atoms with E-state index in [0.717, 1.165) is 16.3 Å². The van der Waals surface area contributed by atoms with Gasteiger partial charge in [-0.05, 0) is 31.2 Å². The van der Waals surface area contributed by atoms with Crippen LogP contribution in [0, 0.1) is 6.92 Å². The monoisotopic (exact) mass is 428 g/mol. The molecule has 156 valence electrons. The highest BCUT2D eigenvalue weighted by Gasteiger charge is 2.16. The number of rotatable bonds is 9. The van der Waals surface area contributed by atoms with E-state index in [1.807, 2.05) is 0 Å². The predicted molar refractivity (Wildman–Crippen MR) is 111 cm³/mol.